The van der Waals surface area contributed by atoms with E-state index in [1.54, 1.807) is 29.1 Å². The normalized spacial score (nSPS) is 14.3. The van der Waals surface area contributed by atoms with E-state index >= 15 is 0 Å². The molecule has 0 radical (unpaired) electrons. The predicted octanol–water partition coefficient (Wildman–Crippen LogP) is 2.96. The Morgan fingerprint density at radius 2 is 2.03 bits per heavy atom. The summed E-state index contributed by atoms with van der Waals surface area (Å²) >= 11 is 0. The Kier molecular flexibility index (Phi) is 5.97. The molecule has 0 saturated heterocycles. The van der Waals surface area contributed by atoms with Crippen molar-refractivity contribution >= 4 is 11.8 Å². The molecular weight excluding hydrogens is 449 g/mol. The van der Waals surface area contributed by atoms with Gasteiger partial charge in [-0.25, -0.2) is 4.39 Å². The fourth-order valence-corrected chi connectivity index (χ4v) is 4.06. The number of benzene rings is 2. The molecule has 2 amide bonds. The lowest BCUT2D eigenvalue weighted by molar-refractivity contribution is 0.0932. The zero-order chi connectivity index (χ0) is 24.4. The van der Waals surface area contributed by atoms with Gasteiger partial charge >= 0.3 is 0 Å². The van der Waals surface area contributed by atoms with Gasteiger partial charge in [0, 0.05) is 41.7 Å². The molecule has 35 heavy (non-hydrogen) atoms. The summed E-state index contributed by atoms with van der Waals surface area (Å²) in [5.41, 5.74) is 8.80. The van der Waals surface area contributed by atoms with Crippen molar-refractivity contribution < 1.29 is 18.7 Å². The number of fused-ring (bicyclic) bond motifs is 1. The first-order valence-electron chi connectivity index (χ1n) is 11.1. The SMILES string of the molecule is NC(=O)c1ccc(-c2cc(F)c3c(c2)CC(CNC(=O)c2cccc(Cn4cccn4)c2)O3)nc1. The highest BCUT2D eigenvalue weighted by Crippen LogP contribution is 2.35. The van der Waals surface area contributed by atoms with Crippen molar-refractivity contribution in [3.05, 3.63) is 101 Å². The van der Waals surface area contributed by atoms with Crippen LogP contribution >= 0.6 is 0 Å². The number of hydrogen-bond acceptors (Lipinski definition) is 5. The number of nitrogens with two attached hydrogens (primary N) is 1. The van der Waals surface area contributed by atoms with Crippen molar-refractivity contribution in [2.24, 2.45) is 5.73 Å². The van der Waals surface area contributed by atoms with Crippen LogP contribution in [0, 0.1) is 5.82 Å². The maximum Gasteiger partial charge on any atom is 0.251 e. The van der Waals surface area contributed by atoms with Gasteiger partial charge in [0.15, 0.2) is 11.6 Å². The minimum absolute atomic E-state index is 0.183. The van der Waals surface area contributed by atoms with Gasteiger partial charge in [-0.2, -0.15) is 5.10 Å². The number of carbonyl (C=O) groups excluding carboxylic acids is 2. The molecule has 2 aromatic heterocycles. The number of pyridine rings is 1. The Hall–Kier alpha value is -4.53. The van der Waals surface area contributed by atoms with Gasteiger partial charge in [-0.15, -0.1) is 0 Å². The maximum atomic E-state index is 14.8. The summed E-state index contributed by atoms with van der Waals surface area (Å²) in [5.74, 6) is -1.12. The number of rotatable bonds is 7. The van der Waals surface area contributed by atoms with E-state index in [2.05, 4.69) is 15.4 Å². The number of amides is 2. The highest BCUT2D eigenvalue weighted by Gasteiger charge is 2.27. The minimum atomic E-state index is -0.577. The molecule has 3 heterocycles. The van der Waals surface area contributed by atoms with Crippen molar-refractivity contribution in [1.82, 2.24) is 20.1 Å². The standard InChI is InChI=1S/C26H22FN5O3/c27-22-12-19(23-6-5-18(13-29-23)25(28)33)10-20-11-21(35-24(20)22)14-30-26(34)17-4-1-3-16(9-17)15-32-8-2-7-31-32/h1-10,12-13,21H,11,14-15H2,(H2,28,33)(H,30,34). The molecule has 0 saturated carbocycles. The average Bonchev–Trinajstić information content (AvgIpc) is 3.52. The van der Waals surface area contributed by atoms with E-state index in [4.69, 9.17) is 10.5 Å². The highest BCUT2D eigenvalue weighted by molar-refractivity contribution is 5.94. The molecule has 2 aromatic carbocycles. The van der Waals surface area contributed by atoms with E-state index in [0.717, 1.165) is 5.56 Å². The van der Waals surface area contributed by atoms with Crippen LogP contribution in [0.15, 0.2) is 73.2 Å². The summed E-state index contributed by atoms with van der Waals surface area (Å²) < 4.78 is 22.3. The predicted molar refractivity (Wildman–Crippen MR) is 126 cm³/mol. The van der Waals surface area contributed by atoms with E-state index < -0.39 is 17.8 Å². The van der Waals surface area contributed by atoms with Crippen molar-refractivity contribution in [2.75, 3.05) is 6.54 Å². The van der Waals surface area contributed by atoms with Gasteiger partial charge in [-0.1, -0.05) is 12.1 Å². The van der Waals surface area contributed by atoms with Crippen molar-refractivity contribution in [1.29, 1.82) is 0 Å². The van der Waals surface area contributed by atoms with Crippen LogP contribution < -0.4 is 15.8 Å². The molecule has 9 heteroatoms. The third-order valence-corrected chi connectivity index (χ3v) is 5.78. The average molecular weight is 471 g/mol. The van der Waals surface area contributed by atoms with Crippen molar-refractivity contribution in [3.63, 3.8) is 0 Å². The summed E-state index contributed by atoms with van der Waals surface area (Å²) in [7, 11) is 0. The highest BCUT2D eigenvalue weighted by atomic mass is 19.1. The lowest BCUT2D eigenvalue weighted by Gasteiger charge is -2.12. The van der Waals surface area contributed by atoms with Gasteiger partial charge < -0.3 is 15.8 Å². The number of primary amides is 1. The smallest absolute Gasteiger partial charge is 0.251 e. The molecule has 1 aliphatic heterocycles. The number of hydrogen-bond donors (Lipinski definition) is 2. The Morgan fingerprint density at radius 1 is 1.14 bits per heavy atom. The van der Waals surface area contributed by atoms with Crippen LogP contribution in [-0.2, 0) is 13.0 Å². The molecule has 1 unspecified atom stereocenters. The molecule has 0 fully saturated rings. The van der Waals surface area contributed by atoms with Crippen LogP contribution in [0.2, 0.25) is 0 Å². The number of nitrogens with one attached hydrogen (secondary N) is 1. The summed E-state index contributed by atoms with van der Waals surface area (Å²) in [6.07, 6.45) is 4.98. The summed E-state index contributed by atoms with van der Waals surface area (Å²) in [5, 5.41) is 7.06. The Balaban J connectivity index is 1.23. The van der Waals surface area contributed by atoms with Crippen LogP contribution in [0.3, 0.4) is 0 Å². The van der Waals surface area contributed by atoms with Crippen LogP contribution in [0.25, 0.3) is 11.3 Å². The number of carbonyl (C=O) groups is 2. The molecule has 5 rings (SSSR count). The van der Waals surface area contributed by atoms with Crippen LogP contribution in [0.1, 0.15) is 31.8 Å². The monoisotopic (exact) mass is 471 g/mol. The zero-order valence-corrected chi connectivity index (χ0v) is 18.6. The van der Waals surface area contributed by atoms with Gasteiger partial charge in [0.25, 0.3) is 5.91 Å². The largest absolute Gasteiger partial charge is 0.485 e. The van der Waals surface area contributed by atoms with E-state index in [-0.39, 0.29) is 23.8 Å². The van der Waals surface area contributed by atoms with Crippen molar-refractivity contribution in [2.45, 2.75) is 19.1 Å². The first-order chi connectivity index (χ1) is 17.0. The topological polar surface area (TPSA) is 112 Å². The maximum absolute atomic E-state index is 14.8. The molecule has 1 aliphatic rings. The van der Waals surface area contributed by atoms with E-state index in [1.807, 2.05) is 36.5 Å². The fraction of sp³-hybridized carbons (Fsp3) is 0.154. The Morgan fingerprint density at radius 3 is 2.77 bits per heavy atom. The van der Waals surface area contributed by atoms with E-state index in [0.29, 0.717) is 35.3 Å². The summed E-state index contributed by atoms with van der Waals surface area (Å²) in [6.45, 7) is 0.800. The third-order valence-electron chi connectivity index (χ3n) is 5.78. The Bertz CT molecular complexity index is 1390. The van der Waals surface area contributed by atoms with Crippen LogP contribution in [0.4, 0.5) is 4.39 Å². The molecule has 8 nitrogen and oxygen atoms in total. The van der Waals surface area contributed by atoms with Gasteiger partial charge in [-0.3, -0.25) is 19.3 Å². The van der Waals surface area contributed by atoms with Gasteiger partial charge in [-0.05, 0) is 48.0 Å². The van der Waals surface area contributed by atoms with Crippen LogP contribution in [-0.4, -0.2) is 39.2 Å². The second-order valence-corrected chi connectivity index (χ2v) is 8.30. The molecule has 0 aliphatic carbocycles. The number of halogens is 1. The zero-order valence-electron chi connectivity index (χ0n) is 18.6. The lowest BCUT2D eigenvalue weighted by atomic mass is 10.0. The molecule has 0 spiro atoms. The molecule has 0 bridgehead atoms. The molecular formula is C26H22FN5O3. The first-order valence-corrected chi connectivity index (χ1v) is 11.1. The Labute approximate surface area is 200 Å². The number of ether oxygens (including phenoxy) is 1. The molecule has 3 N–H and O–H groups in total. The van der Waals surface area contributed by atoms with E-state index in [1.165, 1.54) is 12.3 Å². The van der Waals surface area contributed by atoms with Gasteiger partial charge in [0.2, 0.25) is 5.91 Å². The first kappa shape index (κ1) is 22.3. The lowest BCUT2D eigenvalue weighted by Crippen LogP contribution is -2.34. The second kappa shape index (κ2) is 9.38. The van der Waals surface area contributed by atoms with Gasteiger partial charge in [0.1, 0.15) is 6.10 Å². The molecule has 1 atom stereocenters. The summed E-state index contributed by atoms with van der Waals surface area (Å²) in [6, 6.07) is 15.5. The summed E-state index contributed by atoms with van der Waals surface area (Å²) in [4.78, 5) is 28.2. The molecule has 4 aromatic rings. The fourth-order valence-electron chi connectivity index (χ4n) is 4.06. The second-order valence-electron chi connectivity index (χ2n) is 8.30. The van der Waals surface area contributed by atoms with Crippen LogP contribution in [0.5, 0.6) is 5.75 Å². The number of nitrogens with zero attached hydrogens (tertiary/aromatic N) is 3. The van der Waals surface area contributed by atoms with Crippen molar-refractivity contribution in [3.8, 4) is 17.0 Å². The molecule has 176 valence electrons. The number of aromatic nitrogens is 3. The third kappa shape index (κ3) is 4.89. The van der Waals surface area contributed by atoms with Gasteiger partial charge in [0.05, 0.1) is 24.3 Å². The van der Waals surface area contributed by atoms with E-state index in [9.17, 15) is 14.0 Å². The minimum Gasteiger partial charge on any atom is -0.485 e. The quantitative estimate of drug-likeness (QED) is 0.430.